The van der Waals surface area contributed by atoms with Gasteiger partial charge in [0, 0.05) is 22.9 Å². The lowest BCUT2D eigenvalue weighted by molar-refractivity contribution is 0.719. The highest BCUT2D eigenvalue weighted by Gasteiger charge is 2.31. The number of aryl methyl sites for hydroxylation is 1. The molecular weight excluding hydrogens is 310 g/mol. The Hall–Kier alpha value is -1.98. The van der Waals surface area contributed by atoms with Crippen molar-refractivity contribution in [3.8, 4) is 0 Å². The van der Waals surface area contributed by atoms with Crippen molar-refractivity contribution in [2.24, 2.45) is 5.10 Å². The molecule has 5 heteroatoms. The molecule has 0 aliphatic carbocycles. The second-order valence-electron chi connectivity index (χ2n) is 5.31. The third kappa shape index (κ3) is 2.46. The van der Waals surface area contributed by atoms with Crippen LogP contribution in [0.3, 0.4) is 0 Å². The van der Waals surface area contributed by atoms with E-state index in [-0.39, 0.29) is 6.04 Å². The van der Waals surface area contributed by atoms with Gasteiger partial charge in [0.1, 0.15) is 0 Å². The lowest BCUT2D eigenvalue weighted by Gasteiger charge is -2.19. The number of rotatable bonds is 3. The molecule has 1 aliphatic rings. The molecule has 0 saturated carbocycles. The third-order valence-electron chi connectivity index (χ3n) is 3.78. The van der Waals surface area contributed by atoms with Crippen LogP contribution in [0.1, 0.15) is 28.5 Å². The Morgan fingerprint density at radius 3 is 2.64 bits per heavy atom. The standard InChI is InChI=1S/C17H15N3S2/c1-12-4-6-13(7-5-12)14-11-15(16-3-2-9-21-16)20(19-14)17-18-8-10-22-17/h2-10,15H,11H2,1H3. The summed E-state index contributed by atoms with van der Waals surface area (Å²) in [6.07, 6.45) is 2.76. The molecule has 0 fully saturated rings. The molecule has 22 heavy (non-hydrogen) atoms. The normalized spacial score (nSPS) is 17.8. The average Bonchev–Trinajstić information content (AvgIpc) is 3.27. The van der Waals surface area contributed by atoms with E-state index in [9.17, 15) is 0 Å². The van der Waals surface area contributed by atoms with E-state index in [0.29, 0.717) is 0 Å². The number of thiazole rings is 1. The highest BCUT2D eigenvalue weighted by Crippen LogP contribution is 2.39. The summed E-state index contributed by atoms with van der Waals surface area (Å²) >= 11 is 3.42. The quantitative estimate of drug-likeness (QED) is 0.687. The van der Waals surface area contributed by atoms with Gasteiger partial charge in [0.25, 0.3) is 0 Å². The van der Waals surface area contributed by atoms with Crippen LogP contribution in [0.4, 0.5) is 5.13 Å². The zero-order valence-electron chi connectivity index (χ0n) is 12.1. The van der Waals surface area contributed by atoms with Crippen LogP contribution in [-0.4, -0.2) is 10.7 Å². The minimum absolute atomic E-state index is 0.252. The highest BCUT2D eigenvalue weighted by atomic mass is 32.1. The second-order valence-corrected chi connectivity index (χ2v) is 7.16. The topological polar surface area (TPSA) is 28.5 Å². The van der Waals surface area contributed by atoms with Crippen LogP contribution < -0.4 is 5.01 Å². The van der Waals surface area contributed by atoms with Gasteiger partial charge in [0.05, 0.1) is 11.8 Å². The van der Waals surface area contributed by atoms with Gasteiger partial charge in [-0.3, -0.25) is 0 Å². The van der Waals surface area contributed by atoms with Crippen molar-refractivity contribution in [1.29, 1.82) is 0 Å². The summed E-state index contributed by atoms with van der Waals surface area (Å²) in [6.45, 7) is 2.11. The lowest BCUT2D eigenvalue weighted by Crippen LogP contribution is -2.17. The second kappa shape index (κ2) is 5.66. The molecule has 3 heterocycles. The van der Waals surface area contributed by atoms with Crippen molar-refractivity contribution >= 4 is 33.5 Å². The molecule has 4 rings (SSSR count). The first-order chi connectivity index (χ1) is 10.8. The molecule has 1 unspecified atom stereocenters. The SMILES string of the molecule is Cc1ccc(C2=NN(c3nccs3)C(c3cccs3)C2)cc1. The molecule has 0 amide bonds. The van der Waals surface area contributed by atoms with Crippen LogP contribution in [0.15, 0.2) is 58.5 Å². The van der Waals surface area contributed by atoms with Crippen molar-refractivity contribution < 1.29 is 0 Å². The Balaban J connectivity index is 1.72. The van der Waals surface area contributed by atoms with E-state index in [4.69, 9.17) is 5.10 Å². The lowest BCUT2D eigenvalue weighted by atomic mass is 10.0. The predicted octanol–water partition coefficient (Wildman–Crippen LogP) is 4.87. The summed E-state index contributed by atoms with van der Waals surface area (Å²) in [7, 11) is 0. The molecule has 110 valence electrons. The zero-order chi connectivity index (χ0) is 14.9. The Bertz CT molecular complexity index is 774. The van der Waals surface area contributed by atoms with Crippen molar-refractivity contribution in [2.75, 3.05) is 5.01 Å². The van der Waals surface area contributed by atoms with Gasteiger partial charge in [0.2, 0.25) is 5.13 Å². The van der Waals surface area contributed by atoms with Crippen LogP contribution in [0, 0.1) is 6.92 Å². The molecule has 1 atom stereocenters. The summed E-state index contributed by atoms with van der Waals surface area (Å²) in [4.78, 5) is 5.78. The molecule has 0 saturated heterocycles. The van der Waals surface area contributed by atoms with E-state index >= 15 is 0 Å². The molecule has 1 aromatic carbocycles. The molecule has 3 nitrogen and oxygen atoms in total. The Morgan fingerprint density at radius 1 is 1.09 bits per heavy atom. The zero-order valence-corrected chi connectivity index (χ0v) is 13.8. The van der Waals surface area contributed by atoms with E-state index in [1.807, 2.05) is 11.6 Å². The largest absolute Gasteiger partial charge is 0.230 e. The number of nitrogens with zero attached hydrogens (tertiary/aromatic N) is 3. The van der Waals surface area contributed by atoms with E-state index in [1.165, 1.54) is 16.0 Å². The van der Waals surface area contributed by atoms with Crippen LogP contribution in [0.2, 0.25) is 0 Å². The van der Waals surface area contributed by atoms with Gasteiger partial charge in [-0.25, -0.2) is 9.99 Å². The molecule has 0 spiro atoms. The number of hydrogen-bond acceptors (Lipinski definition) is 5. The predicted molar refractivity (Wildman–Crippen MR) is 94.0 cm³/mol. The van der Waals surface area contributed by atoms with Gasteiger partial charge in [-0.15, -0.1) is 22.7 Å². The summed E-state index contributed by atoms with van der Waals surface area (Å²) in [6, 6.07) is 13.1. The van der Waals surface area contributed by atoms with Gasteiger partial charge in [-0.05, 0) is 23.9 Å². The monoisotopic (exact) mass is 325 g/mol. The van der Waals surface area contributed by atoms with E-state index in [0.717, 1.165) is 17.3 Å². The Kier molecular flexibility index (Phi) is 3.52. The molecule has 2 aromatic heterocycles. The first kappa shape index (κ1) is 13.7. The number of aromatic nitrogens is 1. The van der Waals surface area contributed by atoms with Crippen LogP contribution >= 0.6 is 22.7 Å². The maximum absolute atomic E-state index is 4.87. The molecular formula is C17H15N3S2. The first-order valence-electron chi connectivity index (χ1n) is 7.18. The minimum Gasteiger partial charge on any atom is -0.230 e. The number of anilines is 1. The number of hydrazone groups is 1. The van der Waals surface area contributed by atoms with Gasteiger partial charge >= 0.3 is 0 Å². The minimum atomic E-state index is 0.252. The van der Waals surface area contributed by atoms with E-state index < -0.39 is 0 Å². The fourth-order valence-corrected chi connectivity index (χ4v) is 4.09. The third-order valence-corrected chi connectivity index (χ3v) is 5.52. The van der Waals surface area contributed by atoms with E-state index in [1.54, 1.807) is 22.7 Å². The number of benzene rings is 1. The van der Waals surface area contributed by atoms with Gasteiger partial charge in [0.15, 0.2) is 0 Å². The van der Waals surface area contributed by atoms with Crippen molar-refractivity contribution in [3.05, 3.63) is 69.4 Å². The average molecular weight is 325 g/mol. The molecule has 0 radical (unpaired) electrons. The fourth-order valence-electron chi connectivity index (χ4n) is 2.64. The maximum atomic E-state index is 4.87. The van der Waals surface area contributed by atoms with Crippen LogP contribution in [-0.2, 0) is 0 Å². The number of hydrogen-bond donors (Lipinski definition) is 0. The summed E-state index contributed by atoms with van der Waals surface area (Å²) < 4.78 is 0. The summed E-state index contributed by atoms with van der Waals surface area (Å²) in [5.74, 6) is 0. The molecule has 3 aromatic rings. The van der Waals surface area contributed by atoms with Crippen molar-refractivity contribution in [2.45, 2.75) is 19.4 Å². The molecule has 0 N–H and O–H groups in total. The highest BCUT2D eigenvalue weighted by molar-refractivity contribution is 7.13. The van der Waals surface area contributed by atoms with Crippen LogP contribution in [0.5, 0.6) is 0 Å². The summed E-state index contributed by atoms with van der Waals surface area (Å²) in [5, 5.41) is 12.0. The van der Waals surface area contributed by atoms with Gasteiger partial charge in [-0.1, -0.05) is 35.9 Å². The van der Waals surface area contributed by atoms with Crippen molar-refractivity contribution in [1.82, 2.24) is 4.98 Å². The number of thiophene rings is 1. The van der Waals surface area contributed by atoms with Gasteiger partial charge in [-0.2, -0.15) is 5.10 Å². The fraction of sp³-hybridized carbons (Fsp3) is 0.176. The smallest absolute Gasteiger partial charge is 0.206 e. The van der Waals surface area contributed by atoms with Gasteiger partial charge < -0.3 is 0 Å². The summed E-state index contributed by atoms with van der Waals surface area (Å²) in [5.41, 5.74) is 3.61. The Morgan fingerprint density at radius 2 is 1.95 bits per heavy atom. The molecule has 1 aliphatic heterocycles. The van der Waals surface area contributed by atoms with Crippen molar-refractivity contribution in [3.63, 3.8) is 0 Å². The van der Waals surface area contributed by atoms with Crippen LogP contribution in [0.25, 0.3) is 0 Å². The maximum Gasteiger partial charge on any atom is 0.206 e. The first-order valence-corrected chi connectivity index (χ1v) is 8.94. The Labute approximate surface area is 137 Å². The van der Waals surface area contributed by atoms with E-state index in [2.05, 4.69) is 58.7 Å². The molecule has 0 bridgehead atoms.